The Labute approximate surface area is 164 Å². The minimum Gasteiger partial charge on any atom is -0.488 e. The van der Waals surface area contributed by atoms with Crippen LogP contribution in [0.4, 0.5) is 4.79 Å². The highest BCUT2D eigenvalue weighted by Crippen LogP contribution is 2.30. The summed E-state index contributed by atoms with van der Waals surface area (Å²) in [6.07, 6.45) is 1.64. The Hall–Kier alpha value is -2.83. The number of carbonyl (C=O) groups excluding carboxylic acids is 2. The summed E-state index contributed by atoms with van der Waals surface area (Å²) < 4.78 is 5.93. The first kappa shape index (κ1) is 17.6. The van der Waals surface area contributed by atoms with Crippen LogP contribution in [0.1, 0.15) is 11.1 Å². The Morgan fingerprint density at radius 1 is 1.11 bits per heavy atom. The third-order valence-electron chi connectivity index (χ3n) is 3.98. The maximum absolute atomic E-state index is 11.8. The number of halogens is 1. The van der Waals surface area contributed by atoms with E-state index >= 15 is 0 Å². The molecule has 1 saturated heterocycles. The van der Waals surface area contributed by atoms with Gasteiger partial charge < -0.3 is 4.74 Å². The van der Waals surface area contributed by atoms with Crippen molar-refractivity contribution < 1.29 is 14.3 Å². The van der Waals surface area contributed by atoms with Gasteiger partial charge in [-0.15, -0.1) is 0 Å². The van der Waals surface area contributed by atoms with E-state index in [2.05, 4.69) is 10.3 Å². The molecular formula is C20H13ClN2O3S. The number of pyridine rings is 1. The summed E-state index contributed by atoms with van der Waals surface area (Å²) in [7, 11) is 0. The molecule has 27 heavy (non-hydrogen) atoms. The van der Waals surface area contributed by atoms with Gasteiger partial charge >= 0.3 is 0 Å². The molecule has 4 rings (SSSR count). The molecule has 7 heteroatoms. The van der Waals surface area contributed by atoms with Crippen LogP contribution in [-0.4, -0.2) is 16.1 Å². The molecule has 0 saturated carbocycles. The molecule has 2 amide bonds. The lowest BCUT2D eigenvalue weighted by molar-refractivity contribution is -0.115. The molecule has 1 fully saturated rings. The molecule has 0 aliphatic carbocycles. The average molecular weight is 397 g/mol. The lowest BCUT2D eigenvalue weighted by Gasteiger charge is -2.11. The summed E-state index contributed by atoms with van der Waals surface area (Å²) in [6.45, 7) is 0.231. The van der Waals surface area contributed by atoms with Crippen LogP contribution in [0, 0.1) is 0 Å². The molecule has 134 valence electrons. The Morgan fingerprint density at radius 3 is 2.70 bits per heavy atom. The minimum absolute atomic E-state index is 0.231. The molecule has 1 aliphatic rings. The highest BCUT2D eigenvalue weighted by molar-refractivity contribution is 8.18. The number of nitrogens with one attached hydrogen (secondary N) is 1. The molecule has 1 aliphatic heterocycles. The molecule has 0 bridgehead atoms. The Morgan fingerprint density at radius 2 is 1.89 bits per heavy atom. The van der Waals surface area contributed by atoms with Crippen LogP contribution in [0.5, 0.6) is 5.75 Å². The maximum atomic E-state index is 11.8. The molecule has 3 aromatic rings. The molecule has 5 nitrogen and oxygen atoms in total. The quantitative estimate of drug-likeness (QED) is 0.507. The van der Waals surface area contributed by atoms with Crippen molar-refractivity contribution in [3.63, 3.8) is 0 Å². The summed E-state index contributed by atoms with van der Waals surface area (Å²) in [4.78, 5) is 27.8. The molecule has 2 aromatic carbocycles. The standard InChI is InChI=1S/C20H13ClN2O3S/c21-18-14(9-12-5-1-3-7-15(12)22-18)11-26-16-8-4-2-6-13(16)10-17-19(24)23-20(25)27-17/h1-10H,11H2,(H,23,24,25)/b17-10-. The number of fused-ring (bicyclic) bond motifs is 1. The highest BCUT2D eigenvalue weighted by atomic mass is 35.5. The van der Waals surface area contributed by atoms with Gasteiger partial charge in [0.2, 0.25) is 0 Å². The van der Waals surface area contributed by atoms with Crippen molar-refractivity contribution >= 4 is 51.5 Å². The van der Waals surface area contributed by atoms with Gasteiger partial charge in [-0.3, -0.25) is 14.9 Å². The number of hydrogen-bond acceptors (Lipinski definition) is 5. The largest absolute Gasteiger partial charge is 0.488 e. The maximum Gasteiger partial charge on any atom is 0.290 e. The van der Waals surface area contributed by atoms with Gasteiger partial charge in [0.15, 0.2) is 0 Å². The Bertz CT molecular complexity index is 1100. The third-order valence-corrected chi connectivity index (χ3v) is 5.12. The molecule has 1 N–H and O–H groups in total. The molecule has 2 heterocycles. The second-order valence-electron chi connectivity index (χ2n) is 5.81. The van der Waals surface area contributed by atoms with Gasteiger partial charge in [-0.05, 0) is 36.0 Å². The lowest BCUT2D eigenvalue weighted by Crippen LogP contribution is -2.17. The van der Waals surface area contributed by atoms with Crippen molar-refractivity contribution in [2.45, 2.75) is 6.61 Å². The number of thioether (sulfide) groups is 1. The Balaban J connectivity index is 1.59. The van der Waals surface area contributed by atoms with Crippen molar-refractivity contribution in [1.82, 2.24) is 10.3 Å². The summed E-state index contributed by atoms with van der Waals surface area (Å²) in [6, 6.07) is 17.0. The first-order valence-corrected chi connectivity index (χ1v) is 9.30. The van der Waals surface area contributed by atoms with Gasteiger partial charge in [-0.2, -0.15) is 0 Å². The van der Waals surface area contributed by atoms with Crippen molar-refractivity contribution in [2.75, 3.05) is 0 Å². The number of aromatic nitrogens is 1. The topological polar surface area (TPSA) is 68.3 Å². The molecule has 1 aromatic heterocycles. The number of benzene rings is 2. The van der Waals surface area contributed by atoms with Gasteiger partial charge in [-0.1, -0.05) is 48.0 Å². The van der Waals surface area contributed by atoms with Crippen LogP contribution in [0.2, 0.25) is 5.15 Å². The fourth-order valence-electron chi connectivity index (χ4n) is 2.69. The van der Waals surface area contributed by atoms with Crippen LogP contribution in [0.15, 0.2) is 59.5 Å². The summed E-state index contributed by atoms with van der Waals surface area (Å²) in [5.74, 6) is 0.184. The summed E-state index contributed by atoms with van der Waals surface area (Å²) in [5.41, 5.74) is 2.29. The van der Waals surface area contributed by atoms with E-state index < -0.39 is 5.91 Å². The van der Waals surface area contributed by atoms with Gasteiger partial charge in [0.25, 0.3) is 11.1 Å². The van der Waals surface area contributed by atoms with E-state index in [-0.39, 0.29) is 11.8 Å². The van der Waals surface area contributed by atoms with Gasteiger partial charge in [0.1, 0.15) is 17.5 Å². The predicted octanol–water partition coefficient (Wildman–Crippen LogP) is 4.79. The zero-order chi connectivity index (χ0) is 18.8. The van der Waals surface area contributed by atoms with E-state index in [4.69, 9.17) is 16.3 Å². The minimum atomic E-state index is -0.401. The van der Waals surface area contributed by atoms with Crippen LogP contribution in [0.25, 0.3) is 17.0 Å². The summed E-state index contributed by atoms with van der Waals surface area (Å²) in [5, 5.41) is 3.23. The van der Waals surface area contributed by atoms with Crippen molar-refractivity contribution in [3.8, 4) is 5.75 Å². The monoisotopic (exact) mass is 396 g/mol. The average Bonchev–Trinajstić information content (AvgIpc) is 2.98. The fourth-order valence-corrected chi connectivity index (χ4v) is 3.56. The fraction of sp³-hybridized carbons (Fsp3) is 0.0500. The highest BCUT2D eigenvalue weighted by Gasteiger charge is 2.25. The first-order valence-electron chi connectivity index (χ1n) is 8.11. The molecule has 0 spiro atoms. The number of carbonyl (C=O) groups is 2. The zero-order valence-electron chi connectivity index (χ0n) is 13.9. The zero-order valence-corrected chi connectivity index (χ0v) is 15.5. The van der Waals surface area contributed by atoms with Crippen molar-refractivity contribution in [3.05, 3.63) is 75.8 Å². The van der Waals surface area contributed by atoms with E-state index in [0.717, 1.165) is 28.2 Å². The van der Waals surface area contributed by atoms with Gasteiger partial charge in [0, 0.05) is 16.5 Å². The number of nitrogens with zero attached hydrogens (tertiary/aromatic N) is 1. The van der Waals surface area contributed by atoms with Crippen LogP contribution in [-0.2, 0) is 11.4 Å². The van der Waals surface area contributed by atoms with Gasteiger partial charge in [-0.25, -0.2) is 4.98 Å². The SMILES string of the molecule is O=C1NC(=O)/C(=C/c2ccccc2OCc2cc3ccccc3nc2Cl)S1. The molecule has 0 atom stereocenters. The van der Waals surface area contributed by atoms with Crippen molar-refractivity contribution in [2.24, 2.45) is 0 Å². The number of amides is 2. The second-order valence-corrected chi connectivity index (χ2v) is 7.18. The molecular weight excluding hydrogens is 384 g/mol. The lowest BCUT2D eigenvalue weighted by atomic mass is 10.1. The number of ether oxygens (including phenoxy) is 1. The molecule has 0 unspecified atom stereocenters. The van der Waals surface area contributed by atoms with E-state index in [1.54, 1.807) is 12.1 Å². The first-order chi connectivity index (χ1) is 13.1. The number of para-hydroxylation sites is 2. The number of hydrogen-bond donors (Lipinski definition) is 1. The third kappa shape index (κ3) is 3.82. The van der Waals surface area contributed by atoms with Gasteiger partial charge in [0.05, 0.1) is 10.4 Å². The normalized spacial score (nSPS) is 15.4. The van der Waals surface area contributed by atoms with E-state index in [1.807, 2.05) is 48.5 Å². The molecule has 0 radical (unpaired) electrons. The second kappa shape index (κ2) is 7.42. The van der Waals surface area contributed by atoms with Crippen LogP contribution < -0.4 is 10.1 Å². The van der Waals surface area contributed by atoms with Crippen LogP contribution >= 0.6 is 23.4 Å². The van der Waals surface area contributed by atoms with Crippen molar-refractivity contribution in [1.29, 1.82) is 0 Å². The number of imide groups is 1. The predicted molar refractivity (Wildman–Crippen MR) is 107 cm³/mol. The van der Waals surface area contributed by atoms with E-state index in [1.165, 1.54) is 0 Å². The van der Waals surface area contributed by atoms with E-state index in [9.17, 15) is 9.59 Å². The smallest absolute Gasteiger partial charge is 0.290 e. The van der Waals surface area contributed by atoms with Crippen LogP contribution in [0.3, 0.4) is 0 Å². The summed E-state index contributed by atoms with van der Waals surface area (Å²) >= 11 is 7.16. The Kier molecular flexibility index (Phi) is 4.83. The van der Waals surface area contributed by atoms with E-state index in [0.29, 0.717) is 21.4 Å². The number of rotatable bonds is 4.